The number of hydrogen-bond acceptors (Lipinski definition) is 3. The van der Waals surface area contributed by atoms with Crippen LogP contribution >= 0.6 is 0 Å². The maximum Gasteiger partial charge on any atom is 0.119 e. The third-order valence-electron chi connectivity index (χ3n) is 3.90. The standard InChI is InChI=1S/C15H23NO2/c1-14(2)8-9-15(10-14,11-17)16-12-4-6-13(18-3)7-5-12/h4-7,16-17H,8-11H2,1-3H3. The van der Waals surface area contributed by atoms with Gasteiger partial charge in [-0.15, -0.1) is 0 Å². The summed E-state index contributed by atoms with van der Waals surface area (Å²) in [6.45, 7) is 4.71. The maximum absolute atomic E-state index is 9.72. The van der Waals surface area contributed by atoms with E-state index in [1.54, 1.807) is 7.11 Å². The Morgan fingerprint density at radius 3 is 2.33 bits per heavy atom. The van der Waals surface area contributed by atoms with Crippen molar-refractivity contribution < 1.29 is 9.84 Å². The summed E-state index contributed by atoms with van der Waals surface area (Å²) in [5.74, 6) is 0.852. The summed E-state index contributed by atoms with van der Waals surface area (Å²) in [5, 5.41) is 13.2. The van der Waals surface area contributed by atoms with Gasteiger partial charge >= 0.3 is 0 Å². The average molecular weight is 249 g/mol. The highest BCUT2D eigenvalue weighted by Gasteiger charge is 2.42. The number of aliphatic hydroxyl groups excluding tert-OH is 1. The van der Waals surface area contributed by atoms with E-state index in [4.69, 9.17) is 4.74 Å². The van der Waals surface area contributed by atoms with Crippen molar-refractivity contribution in [1.82, 2.24) is 0 Å². The van der Waals surface area contributed by atoms with E-state index < -0.39 is 0 Å². The number of hydrogen-bond donors (Lipinski definition) is 2. The fourth-order valence-electron chi connectivity index (χ4n) is 2.93. The Labute approximate surface area is 109 Å². The first-order valence-corrected chi connectivity index (χ1v) is 6.52. The molecule has 1 unspecified atom stereocenters. The third-order valence-corrected chi connectivity index (χ3v) is 3.90. The Morgan fingerprint density at radius 2 is 1.89 bits per heavy atom. The van der Waals surface area contributed by atoms with Gasteiger partial charge in [-0.3, -0.25) is 0 Å². The van der Waals surface area contributed by atoms with E-state index in [1.807, 2.05) is 24.3 Å². The molecule has 0 amide bonds. The Kier molecular flexibility index (Phi) is 3.53. The van der Waals surface area contributed by atoms with Crippen molar-refractivity contribution in [2.24, 2.45) is 5.41 Å². The molecule has 1 aromatic carbocycles. The molecule has 0 heterocycles. The van der Waals surface area contributed by atoms with Crippen LogP contribution in [0.15, 0.2) is 24.3 Å². The lowest BCUT2D eigenvalue weighted by molar-refractivity contribution is 0.202. The predicted octanol–water partition coefficient (Wildman–Crippen LogP) is 3.05. The van der Waals surface area contributed by atoms with E-state index in [1.165, 1.54) is 0 Å². The van der Waals surface area contributed by atoms with Crippen LogP contribution in [-0.2, 0) is 0 Å². The fraction of sp³-hybridized carbons (Fsp3) is 0.600. The summed E-state index contributed by atoms with van der Waals surface area (Å²) in [7, 11) is 1.66. The van der Waals surface area contributed by atoms with Crippen LogP contribution < -0.4 is 10.1 Å². The molecule has 100 valence electrons. The highest BCUT2D eigenvalue weighted by molar-refractivity contribution is 5.48. The van der Waals surface area contributed by atoms with Gasteiger partial charge in [0.05, 0.1) is 19.3 Å². The Morgan fingerprint density at radius 1 is 1.22 bits per heavy atom. The van der Waals surface area contributed by atoms with Crippen molar-refractivity contribution >= 4 is 5.69 Å². The van der Waals surface area contributed by atoms with Crippen LogP contribution in [0.5, 0.6) is 5.75 Å². The monoisotopic (exact) mass is 249 g/mol. The van der Waals surface area contributed by atoms with Crippen LogP contribution in [0, 0.1) is 5.41 Å². The van der Waals surface area contributed by atoms with Crippen molar-refractivity contribution in [3.05, 3.63) is 24.3 Å². The molecule has 2 N–H and O–H groups in total. The molecule has 2 rings (SSSR count). The molecule has 0 saturated heterocycles. The highest BCUT2D eigenvalue weighted by Crippen LogP contribution is 2.44. The number of rotatable bonds is 4. The molecule has 1 atom stereocenters. The summed E-state index contributed by atoms with van der Waals surface area (Å²) in [4.78, 5) is 0. The zero-order valence-corrected chi connectivity index (χ0v) is 11.5. The zero-order chi connectivity index (χ0) is 13.2. The van der Waals surface area contributed by atoms with Gasteiger partial charge in [0, 0.05) is 5.69 Å². The average Bonchev–Trinajstić information content (AvgIpc) is 2.67. The minimum Gasteiger partial charge on any atom is -0.497 e. The molecule has 1 aliphatic carbocycles. The molecule has 0 bridgehead atoms. The Balaban J connectivity index is 2.11. The topological polar surface area (TPSA) is 41.5 Å². The molecule has 0 radical (unpaired) electrons. The first-order valence-electron chi connectivity index (χ1n) is 6.52. The molecule has 1 fully saturated rings. The molecule has 0 aliphatic heterocycles. The van der Waals surface area contributed by atoms with E-state index in [0.29, 0.717) is 5.41 Å². The molecule has 1 saturated carbocycles. The van der Waals surface area contributed by atoms with E-state index >= 15 is 0 Å². The third kappa shape index (κ3) is 2.78. The van der Waals surface area contributed by atoms with E-state index in [2.05, 4.69) is 19.2 Å². The first kappa shape index (κ1) is 13.2. The molecule has 0 spiro atoms. The molecule has 3 nitrogen and oxygen atoms in total. The van der Waals surface area contributed by atoms with Gasteiger partial charge in [-0.1, -0.05) is 13.8 Å². The number of aliphatic hydroxyl groups is 1. The maximum atomic E-state index is 9.72. The quantitative estimate of drug-likeness (QED) is 0.861. The molecule has 1 aliphatic rings. The van der Waals surface area contributed by atoms with Gasteiger partial charge < -0.3 is 15.2 Å². The van der Waals surface area contributed by atoms with Crippen LogP contribution in [-0.4, -0.2) is 24.4 Å². The van der Waals surface area contributed by atoms with Gasteiger partial charge in [0.2, 0.25) is 0 Å². The molecule has 1 aromatic rings. The lowest BCUT2D eigenvalue weighted by atomic mass is 9.88. The van der Waals surface area contributed by atoms with Gasteiger partial charge in [-0.05, 0) is 48.9 Å². The summed E-state index contributed by atoms with van der Waals surface area (Å²) in [6, 6.07) is 7.88. The zero-order valence-electron chi connectivity index (χ0n) is 11.5. The largest absolute Gasteiger partial charge is 0.497 e. The first-order chi connectivity index (χ1) is 8.49. The number of methoxy groups -OCH3 is 1. The van der Waals surface area contributed by atoms with Crippen molar-refractivity contribution in [3.8, 4) is 5.75 Å². The summed E-state index contributed by atoms with van der Waals surface area (Å²) >= 11 is 0. The molecule has 18 heavy (non-hydrogen) atoms. The number of benzene rings is 1. The minimum absolute atomic E-state index is 0.169. The van der Waals surface area contributed by atoms with Crippen molar-refractivity contribution in [2.75, 3.05) is 19.0 Å². The molecule has 0 aromatic heterocycles. The van der Waals surface area contributed by atoms with E-state index in [0.717, 1.165) is 30.7 Å². The van der Waals surface area contributed by atoms with Gasteiger partial charge in [0.25, 0.3) is 0 Å². The smallest absolute Gasteiger partial charge is 0.119 e. The van der Waals surface area contributed by atoms with Crippen molar-refractivity contribution in [2.45, 2.75) is 38.6 Å². The normalized spacial score (nSPS) is 26.0. The lowest BCUT2D eigenvalue weighted by Crippen LogP contribution is -2.40. The highest BCUT2D eigenvalue weighted by atomic mass is 16.5. The predicted molar refractivity (Wildman–Crippen MR) is 74.1 cm³/mol. The lowest BCUT2D eigenvalue weighted by Gasteiger charge is -2.31. The van der Waals surface area contributed by atoms with Crippen LogP contribution in [0.4, 0.5) is 5.69 Å². The van der Waals surface area contributed by atoms with Crippen LogP contribution in [0.25, 0.3) is 0 Å². The van der Waals surface area contributed by atoms with E-state index in [9.17, 15) is 5.11 Å². The second-order valence-electron chi connectivity index (χ2n) is 6.13. The second kappa shape index (κ2) is 4.81. The van der Waals surface area contributed by atoms with Gasteiger partial charge in [-0.2, -0.15) is 0 Å². The summed E-state index contributed by atoms with van der Waals surface area (Å²) < 4.78 is 5.15. The Bertz CT molecular complexity index is 399. The van der Waals surface area contributed by atoms with Crippen molar-refractivity contribution in [1.29, 1.82) is 0 Å². The number of nitrogens with one attached hydrogen (secondary N) is 1. The number of ether oxygens (including phenoxy) is 1. The number of anilines is 1. The fourth-order valence-corrected chi connectivity index (χ4v) is 2.93. The molecule has 3 heteroatoms. The Hall–Kier alpha value is -1.22. The SMILES string of the molecule is COc1ccc(NC2(CO)CCC(C)(C)C2)cc1. The summed E-state index contributed by atoms with van der Waals surface area (Å²) in [5.41, 5.74) is 1.18. The molecular weight excluding hydrogens is 226 g/mol. The summed E-state index contributed by atoms with van der Waals surface area (Å²) in [6.07, 6.45) is 3.17. The van der Waals surface area contributed by atoms with Gasteiger partial charge in [0.1, 0.15) is 5.75 Å². The van der Waals surface area contributed by atoms with Crippen LogP contribution in [0.1, 0.15) is 33.1 Å². The minimum atomic E-state index is -0.169. The molecular formula is C15H23NO2. The van der Waals surface area contributed by atoms with Gasteiger partial charge in [0.15, 0.2) is 0 Å². The van der Waals surface area contributed by atoms with Crippen LogP contribution in [0.2, 0.25) is 0 Å². The van der Waals surface area contributed by atoms with E-state index in [-0.39, 0.29) is 12.1 Å². The van der Waals surface area contributed by atoms with Crippen molar-refractivity contribution in [3.63, 3.8) is 0 Å². The second-order valence-corrected chi connectivity index (χ2v) is 6.13. The van der Waals surface area contributed by atoms with Crippen LogP contribution in [0.3, 0.4) is 0 Å². The van der Waals surface area contributed by atoms with Gasteiger partial charge in [-0.25, -0.2) is 0 Å².